The maximum Gasteiger partial charge on any atom is 0.0688 e. The molecule has 2 rings (SSSR count). The highest BCUT2D eigenvalue weighted by molar-refractivity contribution is 7.10. The summed E-state index contributed by atoms with van der Waals surface area (Å²) in [6, 6.07) is 8.79. The molecule has 0 saturated heterocycles. The van der Waals surface area contributed by atoms with Crippen LogP contribution in [0.5, 0.6) is 0 Å². The molecule has 1 atom stereocenters. The number of rotatable bonds is 5. The fraction of sp³-hybridized carbons (Fsp3) is 0.375. The monoisotopic (exact) mass is 293 g/mol. The van der Waals surface area contributed by atoms with Gasteiger partial charge in [0.15, 0.2) is 0 Å². The van der Waals surface area contributed by atoms with Crippen LogP contribution in [0.3, 0.4) is 0 Å². The van der Waals surface area contributed by atoms with Crippen LogP contribution in [-0.2, 0) is 0 Å². The first-order chi connectivity index (χ1) is 9.13. The summed E-state index contributed by atoms with van der Waals surface area (Å²) >= 11 is 8.05. The van der Waals surface area contributed by atoms with Crippen molar-refractivity contribution in [1.29, 1.82) is 0 Å². The number of hydrogen-bond acceptors (Lipinski definition) is 2. The molecule has 3 heteroatoms. The second kappa shape index (κ2) is 6.56. The lowest BCUT2D eigenvalue weighted by atomic mass is 9.97. The van der Waals surface area contributed by atoms with Crippen molar-refractivity contribution in [3.8, 4) is 0 Å². The Bertz CT molecular complexity index is 547. The Labute approximate surface area is 124 Å². The highest BCUT2D eigenvalue weighted by Crippen LogP contribution is 2.34. The van der Waals surface area contributed by atoms with Gasteiger partial charge >= 0.3 is 0 Å². The Morgan fingerprint density at radius 3 is 2.68 bits per heavy atom. The first-order valence-electron chi connectivity index (χ1n) is 6.67. The number of benzene rings is 1. The summed E-state index contributed by atoms with van der Waals surface area (Å²) < 4.78 is 0. The van der Waals surface area contributed by atoms with Crippen molar-refractivity contribution in [3.63, 3.8) is 0 Å². The lowest BCUT2D eigenvalue weighted by Crippen LogP contribution is -2.23. The van der Waals surface area contributed by atoms with Gasteiger partial charge in [-0.25, -0.2) is 0 Å². The van der Waals surface area contributed by atoms with Gasteiger partial charge in [0.05, 0.1) is 11.1 Å². The van der Waals surface area contributed by atoms with Gasteiger partial charge in [0.1, 0.15) is 0 Å². The Morgan fingerprint density at radius 2 is 2.05 bits per heavy atom. The molecule has 1 N–H and O–H groups in total. The molecule has 2 aromatic rings. The van der Waals surface area contributed by atoms with Crippen LogP contribution >= 0.6 is 22.9 Å². The first kappa shape index (κ1) is 14.6. The average molecular weight is 294 g/mol. The molecule has 0 radical (unpaired) electrons. The van der Waals surface area contributed by atoms with Crippen LogP contribution in [0.4, 0.5) is 0 Å². The van der Waals surface area contributed by atoms with Gasteiger partial charge < -0.3 is 5.32 Å². The molecule has 0 amide bonds. The highest BCUT2D eigenvalue weighted by Gasteiger charge is 2.19. The second-order valence-corrected chi connectivity index (χ2v) is 6.23. The van der Waals surface area contributed by atoms with E-state index in [0.717, 1.165) is 18.0 Å². The van der Waals surface area contributed by atoms with Gasteiger partial charge in [-0.2, -0.15) is 0 Å². The van der Waals surface area contributed by atoms with Crippen molar-refractivity contribution in [2.75, 3.05) is 6.54 Å². The summed E-state index contributed by atoms with van der Waals surface area (Å²) in [6.45, 7) is 7.47. The highest BCUT2D eigenvalue weighted by atomic mass is 35.5. The predicted octanol–water partition coefficient (Wildman–Crippen LogP) is 5.11. The largest absolute Gasteiger partial charge is 0.306 e. The first-order valence-corrected chi connectivity index (χ1v) is 7.92. The number of nitrogens with one attached hydrogen (secondary N) is 1. The van der Waals surface area contributed by atoms with Crippen molar-refractivity contribution < 1.29 is 0 Å². The van der Waals surface area contributed by atoms with E-state index in [1.165, 1.54) is 21.6 Å². The zero-order valence-corrected chi connectivity index (χ0v) is 13.2. The third kappa shape index (κ3) is 3.38. The molecule has 19 heavy (non-hydrogen) atoms. The minimum Gasteiger partial charge on any atom is -0.306 e. The van der Waals surface area contributed by atoms with Gasteiger partial charge in [0.2, 0.25) is 0 Å². The number of aryl methyl sites for hydroxylation is 2. The zero-order chi connectivity index (χ0) is 13.8. The van der Waals surface area contributed by atoms with Crippen LogP contribution in [-0.4, -0.2) is 6.54 Å². The van der Waals surface area contributed by atoms with Crippen LogP contribution in [0.25, 0.3) is 0 Å². The van der Waals surface area contributed by atoms with E-state index in [-0.39, 0.29) is 6.04 Å². The molecule has 0 spiro atoms. The molecule has 0 saturated carbocycles. The van der Waals surface area contributed by atoms with Gasteiger partial charge in [-0.15, -0.1) is 11.3 Å². The number of halogens is 1. The van der Waals surface area contributed by atoms with Crippen LogP contribution in [0.15, 0.2) is 29.6 Å². The second-order valence-electron chi connectivity index (χ2n) is 4.88. The SMILES string of the molecule is CCCNC(c1cc(C)ccc1C)c1sccc1Cl. The lowest BCUT2D eigenvalue weighted by molar-refractivity contribution is 0.603. The van der Waals surface area contributed by atoms with E-state index in [9.17, 15) is 0 Å². The molecule has 0 fully saturated rings. The van der Waals surface area contributed by atoms with Gasteiger partial charge in [0, 0.05) is 4.88 Å². The minimum absolute atomic E-state index is 0.201. The van der Waals surface area contributed by atoms with E-state index in [2.05, 4.69) is 49.7 Å². The fourth-order valence-electron chi connectivity index (χ4n) is 2.21. The molecule has 1 heterocycles. The quantitative estimate of drug-likeness (QED) is 0.808. The summed E-state index contributed by atoms with van der Waals surface area (Å²) in [4.78, 5) is 1.21. The van der Waals surface area contributed by atoms with E-state index in [1.54, 1.807) is 11.3 Å². The molecular formula is C16H20ClNS. The molecule has 1 aromatic carbocycles. The van der Waals surface area contributed by atoms with Crippen molar-refractivity contribution >= 4 is 22.9 Å². The third-order valence-electron chi connectivity index (χ3n) is 3.25. The molecule has 1 nitrogen and oxygen atoms in total. The van der Waals surface area contributed by atoms with Crippen molar-refractivity contribution in [2.24, 2.45) is 0 Å². The van der Waals surface area contributed by atoms with Crippen molar-refractivity contribution in [1.82, 2.24) is 5.32 Å². The van der Waals surface area contributed by atoms with E-state index in [4.69, 9.17) is 11.6 Å². The standard InChI is InChI=1S/C16H20ClNS/c1-4-8-18-15(16-14(17)7-9-19-16)13-10-11(2)5-6-12(13)3/h5-7,9-10,15,18H,4,8H2,1-3H3. The van der Waals surface area contributed by atoms with E-state index in [0.29, 0.717) is 0 Å². The Hall–Kier alpha value is -0.830. The Kier molecular flexibility index (Phi) is 5.03. The summed E-state index contributed by atoms with van der Waals surface area (Å²) in [7, 11) is 0. The molecule has 102 valence electrons. The van der Waals surface area contributed by atoms with Gasteiger partial charge in [-0.3, -0.25) is 0 Å². The summed E-state index contributed by atoms with van der Waals surface area (Å²) in [5.74, 6) is 0. The van der Waals surface area contributed by atoms with E-state index >= 15 is 0 Å². The fourth-order valence-corrected chi connectivity index (χ4v) is 3.47. The summed E-state index contributed by atoms with van der Waals surface area (Å²) in [5, 5.41) is 6.54. The van der Waals surface area contributed by atoms with Crippen molar-refractivity contribution in [2.45, 2.75) is 33.2 Å². The number of hydrogen-bond donors (Lipinski definition) is 1. The molecular weight excluding hydrogens is 274 g/mol. The Morgan fingerprint density at radius 1 is 1.26 bits per heavy atom. The Balaban J connectivity index is 2.42. The van der Waals surface area contributed by atoms with E-state index in [1.807, 2.05) is 6.07 Å². The third-order valence-corrected chi connectivity index (χ3v) is 4.67. The van der Waals surface area contributed by atoms with Crippen LogP contribution in [0.1, 0.15) is 41.0 Å². The molecule has 0 bridgehead atoms. The lowest BCUT2D eigenvalue weighted by Gasteiger charge is -2.21. The summed E-state index contributed by atoms with van der Waals surface area (Å²) in [5.41, 5.74) is 3.93. The van der Waals surface area contributed by atoms with Gasteiger partial charge in [-0.1, -0.05) is 42.3 Å². The molecule has 1 aromatic heterocycles. The smallest absolute Gasteiger partial charge is 0.0688 e. The summed E-state index contributed by atoms with van der Waals surface area (Å²) in [6.07, 6.45) is 1.12. The number of thiophene rings is 1. The minimum atomic E-state index is 0.201. The zero-order valence-electron chi connectivity index (χ0n) is 11.7. The van der Waals surface area contributed by atoms with Gasteiger partial charge in [0.25, 0.3) is 0 Å². The maximum atomic E-state index is 6.33. The van der Waals surface area contributed by atoms with Crippen molar-refractivity contribution in [3.05, 3.63) is 56.2 Å². The van der Waals surface area contributed by atoms with E-state index < -0.39 is 0 Å². The average Bonchev–Trinajstić information content (AvgIpc) is 2.80. The maximum absolute atomic E-state index is 6.33. The van der Waals surface area contributed by atoms with Crippen LogP contribution in [0, 0.1) is 13.8 Å². The normalized spacial score (nSPS) is 12.6. The molecule has 1 unspecified atom stereocenters. The van der Waals surface area contributed by atoms with Gasteiger partial charge in [-0.05, 0) is 49.4 Å². The van der Waals surface area contributed by atoms with Crippen LogP contribution in [0.2, 0.25) is 5.02 Å². The predicted molar refractivity (Wildman–Crippen MR) is 85.4 cm³/mol. The molecule has 0 aliphatic rings. The molecule has 0 aliphatic heterocycles. The molecule has 0 aliphatic carbocycles. The topological polar surface area (TPSA) is 12.0 Å². The van der Waals surface area contributed by atoms with Crippen LogP contribution < -0.4 is 5.32 Å².